The molecule has 2 rings (SSSR count). The Balaban J connectivity index is 2.13. The molecule has 0 aliphatic carbocycles. The second-order valence-electron chi connectivity index (χ2n) is 4.51. The fourth-order valence-electron chi connectivity index (χ4n) is 1.97. The third kappa shape index (κ3) is 2.94. The molecule has 0 saturated carbocycles. The van der Waals surface area contributed by atoms with Gasteiger partial charge < -0.3 is 25.6 Å². The Bertz CT molecular complexity index is 505. The third-order valence-electron chi connectivity index (χ3n) is 3.19. The predicted octanol–water partition coefficient (Wildman–Crippen LogP) is 0.840. The number of hydrogen-bond donors (Lipinski definition) is 3. The Kier molecular flexibility index (Phi) is 4.61. The summed E-state index contributed by atoms with van der Waals surface area (Å²) >= 11 is 1.50. The van der Waals surface area contributed by atoms with E-state index in [9.17, 15) is 9.90 Å². The largest absolute Gasteiger partial charge is 0.454 e. The van der Waals surface area contributed by atoms with Crippen LogP contribution < -0.4 is 20.5 Å². The lowest BCUT2D eigenvalue weighted by atomic mass is 10.1. The molecule has 1 aromatic carbocycles. The van der Waals surface area contributed by atoms with Crippen molar-refractivity contribution in [3.8, 4) is 11.5 Å². The molecule has 0 spiro atoms. The van der Waals surface area contributed by atoms with Gasteiger partial charge >= 0.3 is 0 Å². The summed E-state index contributed by atoms with van der Waals surface area (Å²) in [6, 6.07) is 2.99. The van der Waals surface area contributed by atoms with Gasteiger partial charge in [-0.15, -0.1) is 0 Å². The van der Waals surface area contributed by atoms with E-state index in [0.717, 1.165) is 0 Å². The number of fused-ring (bicyclic) bond motifs is 1. The Morgan fingerprint density at radius 1 is 1.50 bits per heavy atom. The normalized spacial score (nSPS) is 15.8. The fraction of sp³-hybridized carbons (Fsp3) is 0.462. The lowest BCUT2D eigenvalue weighted by Crippen LogP contribution is -2.41. The van der Waals surface area contributed by atoms with Crippen LogP contribution in [0.2, 0.25) is 0 Å². The minimum atomic E-state index is -0.291. The number of carbonyl (C=O) groups excluding carboxylic acids is 1. The molecule has 2 unspecified atom stereocenters. The SMILES string of the molecule is CSC(CO)C(C)NC(=O)c1cc2c(cc1N)OCO2. The molecule has 1 aromatic rings. The Morgan fingerprint density at radius 2 is 2.15 bits per heavy atom. The van der Waals surface area contributed by atoms with Crippen molar-refractivity contribution >= 4 is 23.4 Å². The summed E-state index contributed by atoms with van der Waals surface area (Å²) in [5.74, 6) is 0.769. The van der Waals surface area contributed by atoms with Crippen LogP contribution in [0.5, 0.6) is 11.5 Å². The van der Waals surface area contributed by atoms with Crippen LogP contribution in [-0.4, -0.2) is 42.0 Å². The van der Waals surface area contributed by atoms with Gasteiger partial charge in [-0.05, 0) is 19.2 Å². The highest BCUT2D eigenvalue weighted by molar-refractivity contribution is 7.99. The van der Waals surface area contributed by atoms with Crippen molar-refractivity contribution in [3.05, 3.63) is 17.7 Å². The van der Waals surface area contributed by atoms with Crippen LogP contribution in [0.3, 0.4) is 0 Å². The number of nitrogen functional groups attached to an aromatic ring is 1. The van der Waals surface area contributed by atoms with Gasteiger partial charge in [0.15, 0.2) is 11.5 Å². The smallest absolute Gasteiger partial charge is 0.253 e. The first-order chi connectivity index (χ1) is 9.56. The van der Waals surface area contributed by atoms with Crippen LogP contribution >= 0.6 is 11.8 Å². The van der Waals surface area contributed by atoms with Crippen molar-refractivity contribution in [1.29, 1.82) is 0 Å². The Hall–Kier alpha value is -1.60. The zero-order valence-electron chi connectivity index (χ0n) is 11.4. The number of hydrogen-bond acceptors (Lipinski definition) is 6. The van der Waals surface area contributed by atoms with Crippen molar-refractivity contribution in [2.24, 2.45) is 0 Å². The van der Waals surface area contributed by atoms with E-state index in [0.29, 0.717) is 22.7 Å². The van der Waals surface area contributed by atoms with Gasteiger partial charge in [-0.1, -0.05) is 0 Å². The van der Waals surface area contributed by atoms with Gasteiger partial charge in [0.25, 0.3) is 5.91 Å². The number of amides is 1. The van der Waals surface area contributed by atoms with E-state index in [2.05, 4.69) is 5.32 Å². The number of aliphatic hydroxyl groups is 1. The number of nitrogens with two attached hydrogens (primary N) is 1. The number of carbonyl (C=O) groups is 1. The Morgan fingerprint density at radius 3 is 2.75 bits per heavy atom. The minimum absolute atomic E-state index is 0.000760. The maximum atomic E-state index is 12.2. The molecule has 1 heterocycles. The van der Waals surface area contributed by atoms with Crippen LogP contribution in [0.4, 0.5) is 5.69 Å². The molecule has 0 fully saturated rings. The van der Waals surface area contributed by atoms with Gasteiger partial charge in [-0.3, -0.25) is 4.79 Å². The highest BCUT2D eigenvalue weighted by Gasteiger charge is 2.22. The van der Waals surface area contributed by atoms with E-state index in [4.69, 9.17) is 15.2 Å². The molecule has 110 valence electrons. The highest BCUT2D eigenvalue weighted by atomic mass is 32.2. The van der Waals surface area contributed by atoms with Crippen LogP contribution in [0, 0.1) is 0 Å². The van der Waals surface area contributed by atoms with Crippen LogP contribution in [0.1, 0.15) is 17.3 Å². The van der Waals surface area contributed by atoms with Crippen LogP contribution in [-0.2, 0) is 0 Å². The molecular formula is C13H18N2O4S. The molecule has 7 heteroatoms. The summed E-state index contributed by atoms with van der Waals surface area (Å²) in [5, 5.41) is 12.0. The lowest BCUT2D eigenvalue weighted by molar-refractivity contribution is 0.0936. The summed E-state index contributed by atoms with van der Waals surface area (Å²) in [6.07, 6.45) is 1.89. The van der Waals surface area contributed by atoms with Crippen LogP contribution in [0.25, 0.3) is 0 Å². The van der Waals surface area contributed by atoms with Gasteiger partial charge in [0.2, 0.25) is 6.79 Å². The molecule has 1 aliphatic heterocycles. The van der Waals surface area contributed by atoms with E-state index in [1.54, 1.807) is 12.1 Å². The number of thioether (sulfide) groups is 1. The molecule has 6 nitrogen and oxygen atoms in total. The summed E-state index contributed by atoms with van der Waals surface area (Å²) in [5.41, 5.74) is 6.54. The van der Waals surface area contributed by atoms with Crippen molar-refractivity contribution in [2.45, 2.75) is 18.2 Å². The quantitative estimate of drug-likeness (QED) is 0.697. The average molecular weight is 298 g/mol. The van der Waals surface area contributed by atoms with Gasteiger partial charge in [0.05, 0.1) is 12.2 Å². The summed E-state index contributed by atoms with van der Waals surface area (Å²) < 4.78 is 10.4. The molecule has 0 bridgehead atoms. The van der Waals surface area contributed by atoms with E-state index in [1.807, 2.05) is 13.2 Å². The number of ether oxygens (including phenoxy) is 2. The zero-order valence-corrected chi connectivity index (χ0v) is 12.2. The third-order valence-corrected chi connectivity index (χ3v) is 4.35. The second kappa shape index (κ2) is 6.23. The van der Waals surface area contributed by atoms with Crippen molar-refractivity contribution in [1.82, 2.24) is 5.32 Å². The van der Waals surface area contributed by atoms with Crippen molar-refractivity contribution in [2.75, 3.05) is 25.4 Å². The average Bonchev–Trinajstić information content (AvgIpc) is 2.86. The lowest BCUT2D eigenvalue weighted by Gasteiger charge is -2.21. The first kappa shape index (κ1) is 14.8. The molecule has 0 aromatic heterocycles. The predicted molar refractivity (Wildman–Crippen MR) is 78.3 cm³/mol. The van der Waals surface area contributed by atoms with Crippen molar-refractivity contribution in [3.63, 3.8) is 0 Å². The highest BCUT2D eigenvalue weighted by Crippen LogP contribution is 2.35. The first-order valence-corrected chi connectivity index (χ1v) is 7.49. The number of benzene rings is 1. The molecule has 20 heavy (non-hydrogen) atoms. The summed E-state index contributed by atoms with van der Waals surface area (Å²) in [6.45, 7) is 1.98. The van der Waals surface area contributed by atoms with Gasteiger partial charge in [0, 0.05) is 23.0 Å². The number of rotatable bonds is 5. The van der Waals surface area contributed by atoms with E-state index in [1.165, 1.54) is 11.8 Å². The van der Waals surface area contributed by atoms with Gasteiger partial charge in [0.1, 0.15) is 0 Å². The number of nitrogens with one attached hydrogen (secondary N) is 1. The van der Waals surface area contributed by atoms with Gasteiger partial charge in [-0.25, -0.2) is 0 Å². The Labute approximate surface area is 121 Å². The monoisotopic (exact) mass is 298 g/mol. The molecule has 2 atom stereocenters. The zero-order chi connectivity index (χ0) is 14.7. The molecule has 0 saturated heterocycles. The maximum Gasteiger partial charge on any atom is 0.253 e. The maximum absolute atomic E-state index is 12.2. The molecular weight excluding hydrogens is 280 g/mol. The summed E-state index contributed by atoms with van der Waals surface area (Å²) in [4.78, 5) is 12.2. The van der Waals surface area contributed by atoms with E-state index < -0.39 is 0 Å². The van der Waals surface area contributed by atoms with E-state index in [-0.39, 0.29) is 30.6 Å². The molecule has 1 aliphatic rings. The minimum Gasteiger partial charge on any atom is -0.454 e. The fourth-order valence-corrected chi connectivity index (χ4v) is 2.59. The van der Waals surface area contributed by atoms with Gasteiger partial charge in [-0.2, -0.15) is 11.8 Å². The first-order valence-electron chi connectivity index (χ1n) is 6.20. The molecule has 0 radical (unpaired) electrons. The summed E-state index contributed by atoms with van der Waals surface area (Å²) in [7, 11) is 0. The standard InChI is InChI=1S/C13H18N2O4S/c1-7(12(5-16)20-2)15-13(17)8-3-10-11(4-9(8)14)19-6-18-10/h3-4,7,12,16H,5-6,14H2,1-2H3,(H,15,17). The second-order valence-corrected chi connectivity index (χ2v) is 5.59. The number of aliphatic hydroxyl groups excluding tert-OH is 1. The van der Waals surface area contributed by atoms with E-state index >= 15 is 0 Å². The van der Waals surface area contributed by atoms with Crippen molar-refractivity contribution < 1.29 is 19.4 Å². The van der Waals surface area contributed by atoms with Crippen LogP contribution in [0.15, 0.2) is 12.1 Å². The topological polar surface area (TPSA) is 93.8 Å². The molecule has 4 N–H and O–H groups in total. The molecule has 1 amide bonds. The number of anilines is 1.